The third-order valence-corrected chi connectivity index (χ3v) is 5.79. The van der Waals surface area contributed by atoms with Gasteiger partial charge >= 0.3 is 6.03 Å². The molecule has 0 radical (unpaired) electrons. The number of urea groups is 1. The number of pyridine rings is 1. The van der Waals surface area contributed by atoms with Crippen molar-refractivity contribution in [2.45, 2.75) is 13.5 Å². The lowest BCUT2D eigenvalue weighted by molar-refractivity contribution is 0.143. The maximum absolute atomic E-state index is 12.6. The summed E-state index contributed by atoms with van der Waals surface area (Å²) < 4.78 is 0. The number of aryl methyl sites for hydroxylation is 1. The fourth-order valence-electron chi connectivity index (χ4n) is 4.07. The van der Waals surface area contributed by atoms with E-state index in [2.05, 4.69) is 43.4 Å². The molecule has 2 N–H and O–H groups in total. The first-order valence-electron chi connectivity index (χ1n) is 10.9. The Morgan fingerprint density at radius 3 is 2.69 bits per heavy atom. The number of nitrogens with zero attached hydrogens (tertiary/aromatic N) is 4. The van der Waals surface area contributed by atoms with E-state index in [1.54, 1.807) is 6.20 Å². The average Bonchev–Trinajstić information content (AvgIpc) is 3.24. The van der Waals surface area contributed by atoms with E-state index in [1.807, 2.05) is 54.3 Å². The van der Waals surface area contributed by atoms with Gasteiger partial charge in [0.05, 0.1) is 11.0 Å². The number of H-pyrrole nitrogens is 1. The number of nitrogens with one attached hydrogen (secondary N) is 2. The molecular formula is C25H26N6O. The minimum Gasteiger partial charge on any atom is -0.337 e. The number of anilines is 1. The number of rotatable bonds is 4. The molecule has 1 fully saturated rings. The lowest BCUT2D eigenvalue weighted by Crippen LogP contribution is -2.49. The summed E-state index contributed by atoms with van der Waals surface area (Å²) in [5.74, 6) is 0.783. The SMILES string of the molecule is Cc1cccc(NC(=O)N2CCN(Cc3ccc4nc(-c5ccccn5)[nH]c4c3)CC2)c1. The molecule has 162 valence electrons. The number of imidazole rings is 1. The number of fused-ring (bicyclic) bond motifs is 1. The largest absolute Gasteiger partial charge is 0.337 e. The van der Waals surface area contributed by atoms with E-state index in [9.17, 15) is 4.79 Å². The van der Waals surface area contributed by atoms with Gasteiger partial charge in [-0.3, -0.25) is 9.88 Å². The Labute approximate surface area is 187 Å². The van der Waals surface area contributed by atoms with Crippen molar-refractivity contribution >= 4 is 22.8 Å². The number of amides is 2. The Morgan fingerprint density at radius 2 is 1.91 bits per heavy atom. The second-order valence-corrected chi connectivity index (χ2v) is 8.21. The highest BCUT2D eigenvalue weighted by Gasteiger charge is 2.21. The molecule has 4 aromatic rings. The molecule has 1 aliphatic rings. The van der Waals surface area contributed by atoms with Crippen molar-refractivity contribution in [2.24, 2.45) is 0 Å². The summed E-state index contributed by atoms with van der Waals surface area (Å²) in [5.41, 5.74) is 5.99. The molecule has 1 saturated heterocycles. The maximum Gasteiger partial charge on any atom is 0.321 e. The van der Waals surface area contributed by atoms with Gasteiger partial charge in [-0.05, 0) is 54.4 Å². The quantitative estimate of drug-likeness (QED) is 0.511. The normalized spacial score (nSPS) is 14.6. The second kappa shape index (κ2) is 8.80. The molecule has 0 saturated carbocycles. The molecule has 3 heterocycles. The highest BCUT2D eigenvalue weighted by atomic mass is 16.2. The number of carbonyl (C=O) groups excluding carboxylic acids is 1. The van der Waals surface area contributed by atoms with Gasteiger partial charge in [-0.2, -0.15) is 0 Å². The Bertz CT molecular complexity index is 1230. The molecule has 1 aliphatic heterocycles. The van der Waals surface area contributed by atoms with E-state index in [1.165, 1.54) is 5.56 Å². The van der Waals surface area contributed by atoms with Crippen molar-refractivity contribution in [2.75, 3.05) is 31.5 Å². The lowest BCUT2D eigenvalue weighted by atomic mass is 10.1. The molecule has 0 bridgehead atoms. The molecule has 0 unspecified atom stereocenters. The van der Waals surface area contributed by atoms with Crippen LogP contribution in [0.1, 0.15) is 11.1 Å². The van der Waals surface area contributed by atoms with E-state index in [0.717, 1.165) is 53.4 Å². The smallest absolute Gasteiger partial charge is 0.321 e. The second-order valence-electron chi connectivity index (χ2n) is 8.21. The van der Waals surface area contributed by atoms with Crippen LogP contribution in [0.2, 0.25) is 0 Å². The van der Waals surface area contributed by atoms with Gasteiger partial charge in [0.2, 0.25) is 0 Å². The van der Waals surface area contributed by atoms with Crippen LogP contribution in [0, 0.1) is 6.92 Å². The first kappa shape index (κ1) is 20.2. The van der Waals surface area contributed by atoms with Crippen molar-refractivity contribution in [1.82, 2.24) is 24.8 Å². The maximum atomic E-state index is 12.6. The summed E-state index contributed by atoms with van der Waals surface area (Å²) in [6, 6.07) is 20.0. The van der Waals surface area contributed by atoms with Crippen LogP contribution >= 0.6 is 0 Å². The van der Waals surface area contributed by atoms with Gasteiger partial charge < -0.3 is 15.2 Å². The fraction of sp³-hybridized carbons (Fsp3) is 0.240. The van der Waals surface area contributed by atoms with E-state index in [4.69, 9.17) is 0 Å². The molecule has 2 amide bonds. The molecule has 32 heavy (non-hydrogen) atoms. The first-order valence-corrected chi connectivity index (χ1v) is 10.9. The number of hydrogen-bond donors (Lipinski definition) is 2. The molecule has 2 aromatic heterocycles. The highest BCUT2D eigenvalue weighted by molar-refractivity contribution is 5.89. The average molecular weight is 427 g/mol. The Morgan fingerprint density at radius 1 is 1.03 bits per heavy atom. The van der Waals surface area contributed by atoms with Crippen LogP contribution in [0.3, 0.4) is 0 Å². The molecule has 0 atom stereocenters. The monoisotopic (exact) mass is 426 g/mol. The van der Waals surface area contributed by atoms with E-state index in [-0.39, 0.29) is 6.03 Å². The Kier molecular flexibility index (Phi) is 5.56. The highest BCUT2D eigenvalue weighted by Crippen LogP contribution is 2.21. The minimum atomic E-state index is -0.0313. The Balaban J connectivity index is 1.19. The summed E-state index contributed by atoms with van der Waals surface area (Å²) in [4.78, 5) is 29.3. The summed E-state index contributed by atoms with van der Waals surface area (Å²) in [6.07, 6.45) is 1.77. The number of benzene rings is 2. The number of piperazine rings is 1. The van der Waals surface area contributed by atoms with E-state index in [0.29, 0.717) is 13.1 Å². The van der Waals surface area contributed by atoms with Crippen molar-refractivity contribution < 1.29 is 4.79 Å². The van der Waals surface area contributed by atoms with Gasteiger partial charge in [0.25, 0.3) is 0 Å². The molecule has 5 rings (SSSR count). The number of aromatic nitrogens is 3. The lowest BCUT2D eigenvalue weighted by Gasteiger charge is -2.34. The van der Waals surface area contributed by atoms with Crippen LogP contribution in [-0.4, -0.2) is 57.0 Å². The summed E-state index contributed by atoms with van der Waals surface area (Å²) in [5, 5.41) is 3.01. The van der Waals surface area contributed by atoms with Crippen molar-refractivity contribution in [3.8, 4) is 11.5 Å². The van der Waals surface area contributed by atoms with Gasteiger partial charge in [0.15, 0.2) is 5.82 Å². The van der Waals surface area contributed by atoms with Crippen LogP contribution in [0.15, 0.2) is 66.9 Å². The van der Waals surface area contributed by atoms with Crippen LogP contribution in [0.25, 0.3) is 22.6 Å². The van der Waals surface area contributed by atoms with Gasteiger partial charge in [-0.15, -0.1) is 0 Å². The third kappa shape index (κ3) is 4.48. The van der Waals surface area contributed by atoms with Gasteiger partial charge in [-0.1, -0.05) is 24.3 Å². The number of hydrogen-bond acceptors (Lipinski definition) is 4. The van der Waals surface area contributed by atoms with Crippen LogP contribution in [0.4, 0.5) is 10.5 Å². The number of aromatic amines is 1. The molecule has 7 heteroatoms. The summed E-state index contributed by atoms with van der Waals surface area (Å²) in [6.45, 7) is 6.00. The standard InChI is InChI=1S/C25H26N6O/c1-18-5-4-6-20(15-18)27-25(32)31-13-11-30(12-14-31)17-19-8-9-21-23(16-19)29-24(28-21)22-7-2-3-10-26-22/h2-10,15-16H,11-14,17H2,1H3,(H,27,32)(H,28,29). The van der Waals surface area contributed by atoms with Crippen molar-refractivity contribution in [3.63, 3.8) is 0 Å². The van der Waals surface area contributed by atoms with Gasteiger partial charge in [0, 0.05) is 44.6 Å². The van der Waals surface area contributed by atoms with Crippen molar-refractivity contribution in [1.29, 1.82) is 0 Å². The summed E-state index contributed by atoms with van der Waals surface area (Å²) in [7, 11) is 0. The zero-order chi connectivity index (χ0) is 21.9. The van der Waals surface area contributed by atoms with Gasteiger partial charge in [-0.25, -0.2) is 9.78 Å². The van der Waals surface area contributed by atoms with Crippen LogP contribution in [0.5, 0.6) is 0 Å². The fourth-order valence-corrected chi connectivity index (χ4v) is 4.07. The predicted molar refractivity (Wildman–Crippen MR) is 126 cm³/mol. The third-order valence-electron chi connectivity index (χ3n) is 5.79. The zero-order valence-corrected chi connectivity index (χ0v) is 18.1. The predicted octanol–water partition coefficient (Wildman–Crippen LogP) is 4.28. The molecular weight excluding hydrogens is 400 g/mol. The van der Waals surface area contributed by atoms with Crippen LogP contribution in [-0.2, 0) is 6.54 Å². The van der Waals surface area contributed by atoms with Gasteiger partial charge in [0.1, 0.15) is 5.69 Å². The number of carbonyl (C=O) groups is 1. The minimum absolute atomic E-state index is 0.0313. The summed E-state index contributed by atoms with van der Waals surface area (Å²) >= 11 is 0. The molecule has 7 nitrogen and oxygen atoms in total. The van der Waals surface area contributed by atoms with Crippen molar-refractivity contribution in [3.05, 3.63) is 78.0 Å². The topological polar surface area (TPSA) is 77.2 Å². The Hall–Kier alpha value is -3.71. The molecule has 0 aliphatic carbocycles. The molecule has 0 spiro atoms. The zero-order valence-electron chi connectivity index (χ0n) is 18.1. The van der Waals surface area contributed by atoms with Crippen LogP contribution < -0.4 is 5.32 Å². The van der Waals surface area contributed by atoms with E-state index >= 15 is 0 Å². The first-order chi connectivity index (χ1) is 15.6. The molecule has 2 aromatic carbocycles. The van der Waals surface area contributed by atoms with E-state index < -0.39 is 0 Å².